The lowest BCUT2D eigenvalue weighted by Gasteiger charge is -2.21. The van der Waals surface area contributed by atoms with Crippen molar-refractivity contribution in [3.05, 3.63) is 27.8 Å². The van der Waals surface area contributed by atoms with E-state index >= 15 is 0 Å². The molecule has 114 valence electrons. The molecule has 1 aliphatic heterocycles. The Hall–Kier alpha value is -2.19. The second-order valence-electron chi connectivity index (χ2n) is 4.81. The third-order valence-corrected chi connectivity index (χ3v) is 3.26. The van der Waals surface area contributed by atoms with Crippen molar-refractivity contribution in [2.75, 3.05) is 31.0 Å². The molecule has 1 amide bonds. The number of fused-ring (bicyclic) bond motifs is 1. The van der Waals surface area contributed by atoms with Gasteiger partial charge in [0.15, 0.2) is 0 Å². The summed E-state index contributed by atoms with van der Waals surface area (Å²) in [5.74, 6) is -0.148. The first-order chi connectivity index (χ1) is 10.0. The summed E-state index contributed by atoms with van der Waals surface area (Å²) < 4.78 is 4.94. The Balaban J connectivity index is 2.35. The molecule has 8 heteroatoms. The number of ether oxygens (including phenoxy) is 1. The van der Waals surface area contributed by atoms with E-state index in [2.05, 4.69) is 10.6 Å². The van der Waals surface area contributed by atoms with Crippen LogP contribution in [-0.2, 0) is 16.0 Å². The Morgan fingerprint density at radius 2 is 2.29 bits per heavy atom. The van der Waals surface area contributed by atoms with Crippen molar-refractivity contribution in [3.8, 4) is 0 Å². The van der Waals surface area contributed by atoms with E-state index in [0.717, 1.165) is 5.56 Å². The fraction of sp³-hybridized carbons (Fsp3) is 0.462. The normalized spacial score (nSPS) is 15.0. The maximum absolute atomic E-state index is 11.4. The van der Waals surface area contributed by atoms with Gasteiger partial charge in [0.2, 0.25) is 5.91 Å². The summed E-state index contributed by atoms with van der Waals surface area (Å²) in [5.41, 5.74) is 1.46. The number of nitrogens with zero attached hydrogens (tertiary/aromatic N) is 1. The summed E-state index contributed by atoms with van der Waals surface area (Å²) >= 11 is 0. The van der Waals surface area contributed by atoms with E-state index < -0.39 is 11.0 Å². The van der Waals surface area contributed by atoms with Crippen LogP contribution in [0.5, 0.6) is 0 Å². The molecule has 1 aromatic rings. The highest BCUT2D eigenvalue weighted by Crippen LogP contribution is 2.34. The van der Waals surface area contributed by atoms with Crippen LogP contribution in [0.3, 0.4) is 0 Å². The zero-order chi connectivity index (χ0) is 15.4. The van der Waals surface area contributed by atoms with Crippen molar-refractivity contribution in [3.63, 3.8) is 0 Å². The predicted molar refractivity (Wildman–Crippen MR) is 76.4 cm³/mol. The smallest absolute Gasteiger partial charge is 0.294 e. The first-order valence-corrected chi connectivity index (χ1v) is 6.52. The number of aliphatic hydroxyl groups excluding tert-OH is 1. The van der Waals surface area contributed by atoms with Gasteiger partial charge in [-0.3, -0.25) is 14.9 Å². The van der Waals surface area contributed by atoms with E-state index in [1.807, 2.05) is 0 Å². The molecule has 3 N–H and O–H groups in total. The van der Waals surface area contributed by atoms with Gasteiger partial charge in [-0.05, 0) is 18.1 Å². The molecule has 1 unspecified atom stereocenters. The van der Waals surface area contributed by atoms with Crippen LogP contribution in [0, 0.1) is 10.1 Å². The largest absolute Gasteiger partial charge is 0.394 e. The highest BCUT2D eigenvalue weighted by Gasteiger charge is 2.23. The zero-order valence-corrected chi connectivity index (χ0v) is 11.6. The monoisotopic (exact) mass is 295 g/mol. The van der Waals surface area contributed by atoms with Crippen LogP contribution in [0.15, 0.2) is 12.1 Å². The van der Waals surface area contributed by atoms with Crippen molar-refractivity contribution >= 4 is 23.0 Å². The van der Waals surface area contributed by atoms with Crippen molar-refractivity contribution in [1.82, 2.24) is 0 Å². The first kappa shape index (κ1) is 15.2. The highest BCUT2D eigenvalue weighted by molar-refractivity contribution is 5.95. The van der Waals surface area contributed by atoms with Crippen molar-refractivity contribution in [2.45, 2.75) is 18.9 Å². The Morgan fingerprint density at radius 3 is 2.90 bits per heavy atom. The van der Waals surface area contributed by atoms with Gasteiger partial charge in [-0.2, -0.15) is 0 Å². The van der Waals surface area contributed by atoms with Gasteiger partial charge in [0, 0.05) is 19.6 Å². The van der Waals surface area contributed by atoms with Crippen LogP contribution in [0.1, 0.15) is 12.0 Å². The Labute approximate surface area is 121 Å². The number of methoxy groups -OCH3 is 1. The Kier molecular flexibility index (Phi) is 4.71. The fourth-order valence-electron chi connectivity index (χ4n) is 2.24. The van der Waals surface area contributed by atoms with Crippen LogP contribution in [0.4, 0.5) is 17.1 Å². The van der Waals surface area contributed by atoms with Crippen molar-refractivity contribution in [1.29, 1.82) is 0 Å². The maximum atomic E-state index is 11.4. The highest BCUT2D eigenvalue weighted by atomic mass is 16.6. The number of anilines is 2. The lowest BCUT2D eigenvalue weighted by Crippen LogP contribution is -2.29. The summed E-state index contributed by atoms with van der Waals surface area (Å²) in [6.45, 7) is 0.0142. The zero-order valence-electron chi connectivity index (χ0n) is 11.6. The average molecular weight is 295 g/mol. The van der Waals surface area contributed by atoms with Crippen LogP contribution in [0.25, 0.3) is 0 Å². The van der Waals surface area contributed by atoms with Crippen LogP contribution < -0.4 is 10.6 Å². The van der Waals surface area contributed by atoms with Gasteiger partial charge < -0.3 is 20.5 Å². The molecule has 0 radical (unpaired) electrons. The van der Waals surface area contributed by atoms with Crippen LogP contribution >= 0.6 is 0 Å². The van der Waals surface area contributed by atoms with Crippen molar-refractivity contribution in [2.24, 2.45) is 0 Å². The number of rotatable bonds is 6. The minimum atomic E-state index is -0.523. The van der Waals surface area contributed by atoms with E-state index in [0.29, 0.717) is 24.2 Å². The number of hydrogen-bond donors (Lipinski definition) is 3. The van der Waals surface area contributed by atoms with Gasteiger partial charge in [-0.25, -0.2) is 0 Å². The Morgan fingerprint density at radius 1 is 1.52 bits per heavy atom. The summed E-state index contributed by atoms with van der Waals surface area (Å²) in [5, 5.41) is 26.0. The second-order valence-corrected chi connectivity index (χ2v) is 4.81. The summed E-state index contributed by atoms with van der Waals surface area (Å²) in [7, 11) is 1.49. The van der Waals surface area contributed by atoms with Crippen LogP contribution in [0.2, 0.25) is 0 Å². The molecule has 0 aliphatic carbocycles. The molecular formula is C13H17N3O5. The quantitative estimate of drug-likeness (QED) is 0.530. The molecule has 1 aromatic carbocycles. The third-order valence-electron chi connectivity index (χ3n) is 3.26. The molecule has 1 aliphatic rings. The van der Waals surface area contributed by atoms with E-state index in [9.17, 15) is 20.0 Å². The molecule has 0 bridgehead atoms. The summed E-state index contributed by atoms with van der Waals surface area (Å²) in [6, 6.07) is 2.55. The number of nitro benzene ring substituents is 1. The lowest BCUT2D eigenvalue weighted by atomic mass is 10.0. The molecule has 2 rings (SSSR count). The molecule has 1 atom stereocenters. The minimum absolute atomic E-state index is 0.148. The fourth-order valence-corrected chi connectivity index (χ4v) is 2.24. The van der Waals surface area contributed by atoms with Gasteiger partial charge in [0.25, 0.3) is 5.69 Å². The van der Waals surface area contributed by atoms with Gasteiger partial charge in [0.1, 0.15) is 5.69 Å². The van der Waals surface area contributed by atoms with Gasteiger partial charge in [-0.15, -0.1) is 0 Å². The lowest BCUT2D eigenvalue weighted by molar-refractivity contribution is -0.383. The van der Waals surface area contributed by atoms with Gasteiger partial charge >= 0.3 is 0 Å². The second kappa shape index (κ2) is 6.51. The van der Waals surface area contributed by atoms with E-state index in [1.54, 1.807) is 6.07 Å². The topological polar surface area (TPSA) is 114 Å². The third kappa shape index (κ3) is 3.47. The Bertz CT molecular complexity index is 561. The molecule has 0 saturated carbocycles. The maximum Gasteiger partial charge on any atom is 0.294 e. The van der Waals surface area contributed by atoms with Crippen molar-refractivity contribution < 1.29 is 19.6 Å². The molecule has 0 saturated heterocycles. The minimum Gasteiger partial charge on any atom is -0.394 e. The number of benzene rings is 1. The number of amides is 1. The number of carbonyl (C=O) groups excluding carboxylic acids is 1. The summed E-state index contributed by atoms with van der Waals surface area (Å²) in [6.07, 6.45) is 0.883. The SMILES string of the molecule is COCC(CO)Nc1cc2c(cc1[N+](=O)[O-])NC(=O)CC2. The molecular weight excluding hydrogens is 278 g/mol. The molecule has 8 nitrogen and oxygen atoms in total. The van der Waals surface area contributed by atoms with E-state index in [1.165, 1.54) is 13.2 Å². The number of hydrogen-bond acceptors (Lipinski definition) is 6. The van der Waals surface area contributed by atoms with E-state index in [4.69, 9.17) is 4.74 Å². The molecule has 1 heterocycles. The first-order valence-electron chi connectivity index (χ1n) is 6.52. The molecule has 0 fully saturated rings. The van der Waals surface area contributed by atoms with E-state index in [-0.39, 0.29) is 24.8 Å². The predicted octanol–water partition coefficient (Wildman–Crippen LogP) is 0.899. The number of nitrogens with one attached hydrogen (secondary N) is 2. The number of carbonyl (C=O) groups is 1. The van der Waals surface area contributed by atoms with Gasteiger partial charge in [0.05, 0.1) is 29.9 Å². The van der Waals surface area contributed by atoms with Crippen LogP contribution in [-0.4, -0.2) is 42.3 Å². The number of aryl methyl sites for hydroxylation is 1. The number of aliphatic hydroxyl groups is 1. The average Bonchev–Trinajstić information content (AvgIpc) is 2.46. The molecule has 0 spiro atoms. The number of nitro groups is 1. The molecule has 0 aromatic heterocycles. The van der Waals surface area contributed by atoms with Gasteiger partial charge in [-0.1, -0.05) is 0 Å². The summed E-state index contributed by atoms with van der Waals surface area (Å²) in [4.78, 5) is 22.0. The molecule has 21 heavy (non-hydrogen) atoms. The standard InChI is InChI=1S/C13H17N3O5/c1-21-7-9(6-17)14-11-4-8-2-3-13(18)15-10(8)5-12(11)16(19)20/h4-5,9,14,17H,2-3,6-7H2,1H3,(H,15,18).